The zero-order valence-corrected chi connectivity index (χ0v) is 83.8. The molecule has 0 saturated carbocycles. The van der Waals surface area contributed by atoms with Gasteiger partial charge in [0.1, 0.15) is 56.4 Å². The molecule has 10 unspecified atom stereocenters. The van der Waals surface area contributed by atoms with Gasteiger partial charge in [-0.3, -0.25) is 52.7 Å². The minimum absolute atomic E-state index is 0.00363. The van der Waals surface area contributed by atoms with E-state index in [1.54, 1.807) is 0 Å². The van der Waals surface area contributed by atoms with Gasteiger partial charge in [-0.25, -0.2) is 4.79 Å². The van der Waals surface area contributed by atoms with Crippen LogP contribution in [-0.4, -0.2) is 218 Å². The predicted octanol–water partition coefficient (Wildman–Crippen LogP) is 14.7. The highest BCUT2D eigenvalue weighted by molar-refractivity contribution is 5.79. The SMILES string of the molecule is CC(=O)NC1[C@@H](C)[C@H](C)C(COC(C)=O)O[C@H]1C(C)(C)C.CC(=O)NC1[C@H](C(C)C)OC(COC(C)=O)[C@@H](C)[C@@H]1C.CC(=O)OCC1O[C@@H](C(C)(C)C)C(OC(C)=O)[C@@H](C)[C@H]1C.CCC1O[C@H](C(C)(C)C)C(OC(C)=O)[C@@H](C)[C@@H]1C.CC[C@@H](OC(C)=O)[C@@H](OC(C)=O)C1O[C@](C(=O)O)(C(C)(C)C)C[C@@H](C)[C@H]1C.CC[C@H]1O[C@H](C(C)C)C(OC(C)=O)[C@H]1OC(C)=O. The Morgan fingerprint density at radius 2 is 0.696 bits per heavy atom. The fraction of sp³-hybridized carbons (Fsp3) is 0.874. The van der Waals surface area contributed by atoms with Gasteiger partial charge in [-0.05, 0) is 101 Å². The second-order valence-electron chi connectivity index (χ2n) is 40.6. The van der Waals surface area contributed by atoms with Crippen molar-refractivity contribution in [3.63, 3.8) is 0 Å². The van der Waals surface area contributed by atoms with E-state index in [2.05, 4.69) is 142 Å². The lowest BCUT2D eigenvalue weighted by Gasteiger charge is -2.52. The maximum atomic E-state index is 12.3. The summed E-state index contributed by atoms with van der Waals surface area (Å²) in [7, 11) is 0. The van der Waals surface area contributed by atoms with Crippen molar-refractivity contribution in [3.8, 4) is 0 Å². The molecule has 30 heteroatoms. The first kappa shape index (κ1) is 116. The highest BCUT2D eigenvalue weighted by Gasteiger charge is 2.60. The van der Waals surface area contributed by atoms with Gasteiger partial charge in [-0.2, -0.15) is 0 Å². The molecule has 6 aliphatic heterocycles. The van der Waals surface area contributed by atoms with Gasteiger partial charge in [0.2, 0.25) is 11.8 Å². The standard InChI is InChI=1S/C20H34O7.C16H29NO4.C16H28O5.C15H27NO4.C15H28O3.C13H22O5/c1-9-15(25-13(4)21)17(26-14(5)22)16-12(3)11(2)10-20(27-16,18(23)24)19(6,7)8;1-9-10(2)14(17-11(3)18)15(16(5,6)7)21-13(9)8-20-12(4)19;1-9-10(2)14(20-12(4)18)15(16(5,6)7)21-13(9)8-19-11(3)17;1-8(2)15-14(16-11(5)17)10(4)9(3)13(20-15)7-19-12(6)18;1-8-12-9(2)10(3)13(17-11(4)16)14(18-12)15(5,6)7;1-6-10-12(16-8(4)14)13(17-9(5)15)11(18-10)7(2)3/h11-12,15-17H,9-10H2,1-8H3,(H,23,24);9-10,13-15H,8H2,1-7H3,(H,17,18);9-10,13-15H,8H2,1-7H3;8-10,13-15H,7H2,1-6H3,(H,16,17);9-10,12-14H,8H2,1-7H3;7,10-13H,6H2,1-5H3/t11-,12-,15-,16?,17-,20-;9-,10-,13?,14?,15+;9-,10+,13?,14?,15-;9-,10-,13?,14?,15-;9-,10-,12?,13?,14-;10-,11-,12+,13?/m101001/s1. The molecule has 3 N–H and O–H groups in total. The first-order valence-electron chi connectivity index (χ1n) is 45.3. The molecule has 6 aliphatic rings. The van der Waals surface area contributed by atoms with Crippen molar-refractivity contribution in [2.24, 2.45) is 92.7 Å². The number of aliphatic carboxylic acids is 1. The molecule has 0 aliphatic carbocycles. The number of nitrogens with one attached hydrogen (secondary N) is 2. The van der Waals surface area contributed by atoms with E-state index in [1.165, 1.54) is 76.2 Å². The number of hydrogen-bond donors (Lipinski definition) is 3. The molecular weight excluding hydrogens is 1620 g/mol. The average Bonchev–Trinajstić information content (AvgIpc) is 1.35. The number of esters is 9. The van der Waals surface area contributed by atoms with Crippen molar-refractivity contribution >= 4 is 71.5 Å². The molecule has 2 amide bonds. The maximum Gasteiger partial charge on any atom is 0.336 e. The van der Waals surface area contributed by atoms with Gasteiger partial charge in [0, 0.05) is 93.4 Å². The monoisotopic (exact) mass is 1790 g/mol. The lowest BCUT2D eigenvalue weighted by Crippen LogP contribution is -2.63. The van der Waals surface area contributed by atoms with Crippen LogP contribution in [0.15, 0.2) is 0 Å². The molecule has 0 aromatic rings. The average molecular weight is 1790 g/mol. The number of amides is 2. The minimum Gasteiger partial charge on any atom is -0.479 e. The van der Waals surface area contributed by atoms with Gasteiger partial charge in [-0.15, -0.1) is 0 Å². The Morgan fingerprint density at radius 1 is 0.368 bits per heavy atom. The molecule has 6 fully saturated rings. The first-order valence-corrected chi connectivity index (χ1v) is 45.3. The van der Waals surface area contributed by atoms with Crippen LogP contribution in [-0.2, 0) is 129 Å². The molecule has 0 radical (unpaired) electrons. The molecule has 726 valence electrons. The van der Waals surface area contributed by atoms with E-state index in [0.29, 0.717) is 31.1 Å². The number of ether oxygens (including phenoxy) is 15. The number of carbonyl (C=O) groups is 12. The molecule has 0 aromatic carbocycles. The number of carbonyl (C=O) groups excluding carboxylic acids is 11. The first-order chi connectivity index (χ1) is 57.1. The Bertz CT molecular complexity index is 3350. The van der Waals surface area contributed by atoms with Crippen molar-refractivity contribution in [2.75, 3.05) is 19.8 Å². The van der Waals surface area contributed by atoms with Crippen molar-refractivity contribution in [3.05, 3.63) is 0 Å². The lowest BCUT2D eigenvalue weighted by atomic mass is 9.66. The highest BCUT2D eigenvalue weighted by Crippen LogP contribution is 2.50. The quantitative estimate of drug-likeness (QED) is 0.0669. The topological polar surface area (TPSA) is 388 Å². The molecule has 6 heterocycles. The van der Waals surface area contributed by atoms with Crippen LogP contribution in [0.5, 0.6) is 0 Å². The zero-order valence-electron chi connectivity index (χ0n) is 83.8. The van der Waals surface area contributed by atoms with Crippen LogP contribution in [0.2, 0.25) is 0 Å². The van der Waals surface area contributed by atoms with Crippen LogP contribution in [0.25, 0.3) is 0 Å². The second kappa shape index (κ2) is 51.1. The van der Waals surface area contributed by atoms with Crippen LogP contribution in [0, 0.1) is 92.7 Å². The fourth-order valence-corrected chi connectivity index (χ4v) is 17.4. The fourth-order valence-electron chi connectivity index (χ4n) is 17.4. The normalized spacial score (nSPS) is 33.2. The van der Waals surface area contributed by atoms with Crippen LogP contribution >= 0.6 is 0 Å². The summed E-state index contributed by atoms with van der Waals surface area (Å²) in [6.45, 7) is 75.3. The number of carboxylic acid groups (broad SMARTS) is 1. The van der Waals surface area contributed by atoms with E-state index >= 15 is 0 Å². The zero-order chi connectivity index (χ0) is 97.3. The third-order valence-electron chi connectivity index (χ3n) is 25.4. The maximum absolute atomic E-state index is 12.3. The van der Waals surface area contributed by atoms with Crippen molar-refractivity contribution in [1.82, 2.24) is 10.6 Å². The summed E-state index contributed by atoms with van der Waals surface area (Å²) < 4.78 is 84.6. The largest absolute Gasteiger partial charge is 0.479 e. The van der Waals surface area contributed by atoms with E-state index in [1.807, 2.05) is 69.2 Å². The molecule has 6 rings (SSSR count). The molecule has 125 heavy (non-hydrogen) atoms. The summed E-state index contributed by atoms with van der Waals surface area (Å²) in [5, 5.41) is 16.1. The molecule has 0 aromatic heterocycles. The van der Waals surface area contributed by atoms with Crippen molar-refractivity contribution < 1.29 is 134 Å². The summed E-state index contributed by atoms with van der Waals surface area (Å²) in [5.41, 5.74) is -2.44. The lowest BCUT2D eigenvalue weighted by molar-refractivity contribution is -0.255. The summed E-state index contributed by atoms with van der Waals surface area (Å²) in [6.07, 6.45) is -2.35. The Kier molecular flexibility index (Phi) is 47.6. The van der Waals surface area contributed by atoms with Crippen molar-refractivity contribution in [1.29, 1.82) is 0 Å². The van der Waals surface area contributed by atoms with Crippen LogP contribution in [0.4, 0.5) is 0 Å². The summed E-state index contributed by atoms with van der Waals surface area (Å²) in [4.78, 5) is 136. The van der Waals surface area contributed by atoms with Gasteiger partial charge in [-0.1, -0.05) is 201 Å². The third kappa shape index (κ3) is 35.7. The van der Waals surface area contributed by atoms with E-state index in [-0.39, 0.29) is 234 Å². The van der Waals surface area contributed by atoms with Crippen LogP contribution < -0.4 is 10.6 Å². The van der Waals surface area contributed by atoms with E-state index in [0.717, 1.165) is 6.42 Å². The van der Waals surface area contributed by atoms with Gasteiger partial charge < -0.3 is 86.8 Å². The number of rotatable bonds is 22. The summed E-state index contributed by atoms with van der Waals surface area (Å²) in [6, 6.07) is -0.0397. The van der Waals surface area contributed by atoms with Gasteiger partial charge in [0.25, 0.3) is 0 Å². The molecule has 6 saturated heterocycles. The summed E-state index contributed by atoms with van der Waals surface area (Å²) in [5.74, 6) is -2.03. The number of hydrogen-bond acceptors (Lipinski definition) is 27. The van der Waals surface area contributed by atoms with Gasteiger partial charge in [0.05, 0.1) is 60.9 Å². The Labute approximate surface area is 749 Å². The Morgan fingerprint density at radius 3 is 1.02 bits per heavy atom. The molecule has 0 spiro atoms. The Balaban J connectivity index is 0.000000754. The molecule has 0 bridgehead atoms. The van der Waals surface area contributed by atoms with E-state index in [4.69, 9.17) is 71.1 Å². The van der Waals surface area contributed by atoms with Crippen molar-refractivity contribution in [2.45, 2.75) is 424 Å². The highest BCUT2D eigenvalue weighted by atomic mass is 16.7. The minimum atomic E-state index is -1.43. The number of carboxylic acids is 1. The van der Waals surface area contributed by atoms with Crippen LogP contribution in [0.1, 0.15) is 303 Å². The third-order valence-corrected chi connectivity index (χ3v) is 25.4. The Hall–Kier alpha value is -6.60. The van der Waals surface area contributed by atoms with Gasteiger partial charge >= 0.3 is 59.7 Å². The molecular formula is C95H168N2O28. The van der Waals surface area contributed by atoms with E-state index in [9.17, 15) is 62.6 Å². The van der Waals surface area contributed by atoms with E-state index < -0.39 is 59.4 Å². The summed E-state index contributed by atoms with van der Waals surface area (Å²) >= 11 is 0. The smallest absolute Gasteiger partial charge is 0.336 e. The predicted molar refractivity (Wildman–Crippen MR) is 472 cm³/mol. The second-order valence-corrected chi connectivity index (χ2v) is 40.6. The molecule has 30 atom stereocenters. The van der Waals surface area contributed by atoms with Crippen LogP contribution in [0.3, 0.4) is 0 Å². The molecule has 30 nitrogen and oxygen atoms in total. The van der Waals surface area contributed by atoms with Gasteiger partial charge in [0.15, 0.2) is 23.9 Å².